The van der Waals surface area contributed by atoms with Gasteiger partial charge in [0.25, 0.3) is 0 Å². The fourth-order valence-electron chi connectivity index (χ4n) is 2.85. The van der Waals surface area contributed by atoms with Gasteiger partial charge in [0, 0.05) is 25.7 Å². The van der Waals surface area contributed by atoms with Crippen LogP contribution in [0.15, 0.2) is 24.3 Å². The first-order valence-electron chi connectivity index (χ1n) is 7.60. The van der Waals surface area contributed by atoms with E-state index >= 15 is 0 Å². The number of halogens is 1. The molecule has 1 aliphatic heterocycles. The van der Waals surface area contributed by atoms with Gasteiger partial charge in [-0.25, -0.2) is 4.79 Å². The maximum absolute atomic E-state index is 12.5. The summed E-state index contributed by atoms with van der Waals surface area (Å²) in [6.45, 7) is 6.20. The van der Waals surface area contributed by atoms with Crippen molar-refractivity contribution in [3.8, 4) is 0 Å². The van der Waals surface area contributed by atoms with Gasteiger partial charge in [-0.3, -0.25) is 4.79 Å². The standard InChI is InChI=1S/C16H24N4O2.ClH/c1-11-5-3-4-6-13(11)14(19-16(17)22)9-15(21)20-8-7-18-12(2)10-20;/h3-6,12,14,18H,7-10H2,1-2H3,(H3,17,19,22);1H. The Kier molecular flexibility index (Phi) is 7.32. The van der Waals surface area contributed by atoms with Gasteiger partial charge in [-0.15, -0.1) is 12.4 Å². The Balaban J connectivity index is 0.00000264. The van der Waals surface area contributed by atoms with Gasteiger partial charge in [0.1, 0.15) is 0 Å². The number of nitrogens with zero attached hydrogens (tertiary/aromatic N) is 1. The Morgan fingerprint density at radius 3 is 2.74 bits per heavy atom. The molecule has 2 unspecified atom stereocenters. The Morgan fingerprint density at radius 1 is 1.43 bits per heavy atom. The molecule has 2 rings (SSSR count). The molecule has 1 aromatic rings. The van der Waals surface area contributed by atoms with E-state index in [1.165, 1.54) is 0 Å². The number of amides is 3. The molecule has 1 heterocycles. The van der Waals surface area contributed by atoms with Crippen molar-refractivity contribution < 1.29 is 9.59 Å². The molecule has 0 aromatic heterocycles. The van der Waals surface area contributed by atoms with Gasteiger partial charge in [-0.05, 0) is 25.0 Å². The zero-order valence-electron chi connectivity index (χ0n) is 13.5. The fourth-order valence-corrected chi connectivity index (χ4v) is 2.85. The second-order valence-corrected chi connectivity index (χ2v) is 5.82. The number of urea groups is 1. The molecule has 6 nitrogen and oxygen atoms in total. The van der Waals surface area contributed by atoms with Gasteiger partial charge in [0.2, 0.25) is 5.91 Å². The zero-order valence-corrected chi connectivity index (χ0v) is 14.4. The van der Waals surface area contributed by atoms with Crippen molar-refractivity contribution in [2.75, 3.05) is 19.6 Å². The molecule has 1 aliphatic rings. The molecule has 7 heteroatoms. The maximum Gasteiger partial charge on any atom is 0.312 e. The van der Waals surface area contributed by atoms with E-state index in [-0.39, 0.29) is 24.7 Å². The van der Waals surface area contributed by atoms with Crippen LogP contribution in [0.1, 0.15) is 30.5 Å². The van der Waals surface area contributed by atoms with Crippen LogP contribution >= 0.6 is 12.4 Å². The summed E-state index contributed by atoms with van der Waals surface area (Å²) in [6, 6.07) is 6.99. The number of carbonyl (C=O) groups excluding carboxylic acids is 2. The SMILES string of the molecule is Cc1ccccc1C(CC(=O)N1CCNC(C)C1)NC(N)=O.Cl. The van der Waals surface area contributed by atoms with Crippen LogP contribution in [0.3, 0.4) is 0 Å². The van der Waals surface area contributed by atoms with E-state index in [0.717, 1.165) is 17.7 Å². The lowest BCUT2D eigenvalue weighted by atomic mass is 9.98. The van der Waals surface area contributed by atoms with Crippen molar-refractivity contribution in [1.29, 1.82) is 0 Å². The predicted molar refractivity (Wildman–Crippen MR) is 92.5 cm³/mol. The third kappa shape index (κ3) is 5.41. The van der Waals surface area contributed by atoms with Crippen molar-refractivity contribution in [3.05, 3.63) is 35.4 Å². The molecule has 1 fully saturated rings. The number of aryl methyl sites for hydroxylation is 1. The number of piperazine rings is 1. The molecule has 2 atom stereocenters. The van der Waals surface area contributed by atoms with E-state index < -0.39 is 12.1 Å². The molecule has 0 aliphatic carbocycles. The van der Waals surface area contributed by atoms with Crippen molar-refractivity contribution in [2.45, 2.75) is 32.4 Å². The number of rotatable bonds is 4. The number of carbonyl (C=O) groups is 2. The molecule has 1 aromatic carbocycles. The molecule has 1 saturated heterocycles. The van der Waals surface area contributed by atoms with E-state index in [9.17, 15) is 9.59 Å². The lowest BCUT2D eigenvalue weighted by Gasteiger charge is -2.33. The summed E-state index contributed by atoms with van der Waals surface area (Å²) in [4.78, 5) is 25.6. The van der Waals surface area contributed by atoms with Crippen LogP contribution in [0.5, 0.6) is 0 Å². The summed E-state index contributed by atoms with van der Waals surface area (Å²) >= 11 is 0. The average molecular weight is 341 g/mol. The number of nitrogens with two attached hydrogens (primary N) is 1. The van der Waals surface area contributed by atoms with Gasteiger partial charge < -0.3 is 21.3 Å². The van der Waals surface area contributed by atoms with Crippen LogP contribution in [-0.2, 0) is 4.79 Å². The third-order valence-corrected chi connectivity index (χ3v) is 3.98. The van der Waals surface area contributed by atoms with E-state index in [0.29, 0.717) is 19.1 Å². The van der Waals surface area contributed by atoms with Crippen LogP contribution in [0.2, 0.25) is 0 Å². The number of benzene rings is 1. The highest BCUT2D eigenvalue weighted by Gasteiger charge is 2.25. The van der Waals surface area contributed by atoms with Crippen molar-refractivity contribution >= 4 is 24.3 Å². The molecule has 0 saturated carbocycles. The molecule has 23 heavy (non-hydrogen) atoms. The molecular formula is C16H25ClN4O2. The van der Waals surface area contributed by atoms with Gasteiger partial charge in [-0.2, -0.15) is 0 Å². The highest BCUT2D eigenvalue weighted by molar-refractivity contribution is 5.85. The van der Waals surface area contributed by atoms with Gasteiger partial charge in [0.15, 0.2) is 0 Å². The topological polar surface area (TPSA) is 87.5 Å². The van der Waals surface area contributed by atoms with Crippen molar-refractivity contribution in [1.82, 2.24) is 15.5 Å². The largest absolute Gasteiger partial charge is 0.352 e. The lowest BCUT2D eigenvalue weighted by Crippen LogP contribution is -2.52. The summed E-state index contributed by atoms with van der Waals surface area (Å²) in [6.07, 6.45) is 0.223. The number of hydrogen-bond acceptors (Lipinski definition) is 3. The highest BCUT2D eigenvalue weighted by atomic mass is 35.5. The minimum absolute atomic E-state index is 0. The summed E-state index contributed by atoms with van der Waals surface area (Å²) in [5.74, 6) is 0.0374. The van der Waals surface area contributed by atoms with E-state index in [4.69, 9.17) is 5.73 Å². The molecule has 0 bridgehead atoms. The van der Waals surface area contributed by atoms with E-state index in [1.54, 1.807) is 0 Å². The molecule has 0 spiro atoms. The molecule has 3 amide bonds. The van der Waals surface area contributed by atoms with Crippen LogP contribution < -0.4 is 16.4 Å². The van der Waals surface area contributed by atoms with Crippen LogP contribution in [0, 0.1) is 6.92 Å². The van der Waals surface area contributed by atoms with Crippen molar-refractivity contribution in [3.63, 3.8) is 0 Å². The number of nitrogens with one attached hydrogen (secondary N) is 2. The molecule has 0 radical (unpaired) electrons. The second kappa shape index (κ2) is 8.74. The smallest absolute Gasteiger partial charge is 0.312 e. The normalized spacial score (nSPS) is 18.7. The number of primary amides is 1. The monoisotopic (exact) mass is 340 g/mol. The fraction of sp³-hybridized carbons (Fsp3) is 0.500. The van der Waals surface area contributed by atoms with Gasteiger partial charge in [0.05, 0.1) is 12.5 Å². The Morgan fingerprint density at radius 2 is 2.13 bits per heavy atom. The lowest BCUT2D eigenvalue weighted by molar-refractivity contribution is -0.132. The number of hydrogen-bond donors (Lipinski definition) is 3. The second-order valence-electron chi connectivity index (χ2n) is 5.82. The first-order valence-corrected chi connectivity index (χ1v) is 7.60. The first kappa shape index (κ1) is 19.3. The van der Waals surface area contributed by atoms with Crippen LogP contribution in [0.25, 0.3) is 0 Å². The van der Waals surface area contributed by atoms with E-state index in [2.05, 4.69) is 17.6 Å². The Labute approximate surface area is 143 Å². The maximum atomic E-state index is 12.5. The highest BCUT2D eigenvalue weighted by Crippen LogP contribution is 2.21. The molecule has 128 valence electrons. The Hall–Kier alpha value is -1.79. The average Bonchev–Trinajstić information content (AvgIpc) is 2.46. The van der Waals surface area contributed by atoms with Gasteiger partial charge in [-0.1, -0.05) is 24.3 Å². The van der Waals surface area contributed by atoms with Gasteiger partial charge >= 0.3 is 6.03 Å². The minimum Gasteiger partial charge on any atom is -0.352 e. The predicted octanol–water partition coefficient (Wildman–Crippen LogP) is 1.34. The summed E-state index contributed by atoms with van der Waals surface area (Å²) in [7, 11) is 0. The van der Waals surface area contributed by atoms with Crippen LogP contribution in [-0.4, -0.2) is 42.5 Å². The third-order valence-electron chi connectivity index (χ3n) is 3.98. The van der Waals surface area contributed by atoms with E-state index in [1.807, 2.05) is 36.1 Å². The van der Waals surface area contributed by atoms with Crippen LogP contribution in [0.4, 0.5) is 4.79 Å². The zero-order chi connectivity index (χ0) is 16.1. The van der Waals surface area contributed by atoms with Crippen molar-refractivity contribution in [2.24, 2.45) is 5.73 Å². The summed E-state index contributed by atoms with van der Waals surface area (Å²) < 4.78 is 0. The first-order chi connectivity index (χ1) is 10.5. The summed E-state index contributed by atoms with van der Waals surface area (Å²) in [5, 5.41) is 6.00. The Bertz CT molecular complexity index is 553. The quantitative estimate of drug-likeness (QED) is 0.772. The summed E-state index contributed by atoms with van der Waals surface area (Å²) in [5.41, 5.74) is 7.23. The minimum atomic E-state index is -0.616. The molecule has 4 N–H and O–H groups in total. The molecular weight excluding hydrogens is 316 g/mol.